The number of halogens is 2. The number of nitrogens with zero attached hydrogens (tertiary/aromatic N) is 1. The van der Waals surface area contributed by atoms with Crippen LogP contribution in [0.15, 0.2) is 12.1 Å². The van der Waals surface area contributed by atoms with Crippen molar-refractivity contribution in [2.75, 3.05) is 5.32 Å². The zero-order chi connectivity index (χ0) is 14.1. The van der Waals surface area contributed by atoms with Crippen LogP contribution in [0.1, 0.15) is 37.1 Å². The van der Waals surface area contributed by atoms with E-state index in [1.54, 1.807) is 0 Å². The first-order chi connectivity index (χ1) is 9.19. The molecular weight excluding hydrogens is 376 g/mol. The lowest BCUT2D eigenvalue weighted by atomic mass is 10.2. The molecule has 1 aromatic heterocycles. The van der Waals surface area contributed by atoms with E-state index in [2.05, 4.69) is 42.2 Å². The molecule has 0 unspecified atom stereocenters. The summed E-state index contributed by atoms with van der Waals surface area (Å²) >= 11 is 6.71. The molecule has 0 aromatic carbocycles. The number of alkyl halides is 2. The molecule has 0 aliphatic heterocycles. The van der Waals surface area contributed by atoms with E-state index in [1.807, 2.05) is 12.1 Å². The molecule has 0 spiro atoms. The number of nitrogens with one attached hydrogen (secondary N) is 1. The van der Waals surface area contributed by atoms with Crippen LogP contribution in [0.2, 0.25) is 0 Å². The Morgan fingerprint density at radius 3 is 2.37 bits per heavy atom. The van der Waals surface area contributed by atoms with Crippen LogP contribution in [0.4, 0.5) is 5.69 Å². The van der Waals surface area contributed by atoms with Crippen LogP contribution in [-0.2, 0) is 20.2 Å². The molecule has 1 N–H and O–H groups in total. The highest BCUT2D eigenvalue weighted by atomic mass is 79.9. The first kappa shape index (κ1) is 16.3. The molecule has 0 radical (unpaired) electrons. The Labute approximate surface area is 129 Å². The number of aromatic nitrogens is 1. The van der Waals surface area contributed by atoms with Gasteiger partial charge in [-0.25, -0.2) is 0 Å². The van der Waals surface area contributed by atoms with Crippen molar-refractivity contribution in [2.24, 2.45) is 0 Å². The largest absolute Gasteiger partial charge is 0.326 e. The van der Waals surface area contributed by atoms with Gasteiger partial charge >= 0.3 is 0 Å². The Bertz CT molecular complexity index is 416. The Hall–Kier alpha value is -0.750. The summed E-state index contributed by atoms with van der Waals surface area (Å²) < 4.78 is 0. The molecule has 104 valence electrons. The number of rotatable bonds is 8. The van der Waals surface area contributed by atoms with Crippen LogP contribution in [-0.4, -0.2) is 17.2 Å². The van der Waals surface area contributed by atoms with E-state index in [9.17, 15) is 9.59 Å². The van der Waals surface area contributed by atoms with Crippen molar-refractivity contribution in [3.63, 3.8) is 0 Å². The SMILES string of the molecule is O=CCCCCC(=O)Nc1cc(CBr)nc(CBr)c1. The number of hydrogen-bond acceptors (Lipinski definition) is 3. The molecule has 0 saturated heterocycles. The average molecular weight is 392 g/mol. The number of hydrogen-bond donors (Lipinski definition) is 1. The summed E-state index contributed by atoms with van der Waals surface area (Å²) in [6.07, 6.45) is 3.32. The van der Waals surface area contributed by atoms with Crippen molar-refractivity contribution in [3.05, 3.63) is 23.5 Å². The second-order valence-electron chi connectivity index (χ2n) is 4.07. The van der Waals surface area contributed by atoms with Gasteiger partial charge in [-0.2, -0.15) is 0 Å². The number of unbranched alkanes of at least 4 members (excludes halogenated alkanes) is 2. The van der Waals surface area contributed by atoms with Crippen molar-refractivity contribution in [2.45, 2.75) is 36.3 Å². The smallest absolute Gasteiger partial charge is 0.224 e. The Kier molecular flexibility index (Phi) is 7.90. The summed E-state index contributed by atoms with van der Waals surface area (Å²) in [7, 11) is 0. The summed E-state index contributed by atoms with van der Waals surface area (Å²) in [6.45, 7) is 0. The lowest BCUT2D eigenvalue weighted by molar-refractivity contribution is -0.116. The van der Waals surface area contributed by atoms with Gasteiger partial charge in [0, 0.05) is 29.2 Å². The van der Waals surface area contributed by atoms with Crippen LogP contribution >= 0.6 is 31.9 Å². The highest BCUT2D eigenvalue weighted by Crippen LogP contribution is 2.16. The molecule has 4 nitrogen and oxygen atoms in total. The molecule has 0 fully saturated rings. The van der Waals surface area contributed by atoms with Crippen molar-refractivity contribution in [1.29, 1.82) is 0 Å². The fourth-order valence-electron chi connectivity index (χ4n) is 1.60. The summed E-state index contributed by atoms with van der Waals surface area (Å²) in [5, 5.41) is 4.16. The lowest BCUT2D eigenvalue weighted by Crippen LogP contribution is -2.12. The summed E-state index contributed by atoms with van der Waals surface area (Å²) in [5.41, 5.74) is 2.53. The molecule has 0 bridgehead atoms. The Morgan fingerprint density at radius 2 is 1.84 bits per heavy atom. The van der Waals surface area contributed by atoms with Gasteiger partial charge in [0.1, 0.15) is 6.29 Å². The number of anilines is 1. The third-order valence-electron chi connectivity index (χ3n) is 2.46. The first-order valence-electron chi connectivity index (χ1n) is 6.05. The van der Waals surface area contributed by atoms with Gasteiger partial charge < -0.3 is 10.1 Å². The third kappa shape index (κ3) is 6.29. The highest BCUT2D eigenvalue weighted by molar-refractivity contribution is 9.08. The average Bonchev–Trinajstić information content (AvgIpc) is 2.43. The summed E-state index contributed by atoms with van der Waals surface area (Å²) in [6, 6.07) is 3.70. The molecule has 1 rings (SSSR count). The maximum absolute atomic E-state index is 11.7. The molecule has 0 aliphatic rings. The molecule has 6 heteroatoms. The van der Waals surface area contributed by atoms with E-state index in [4.69, 9.17) is 0 Å². The van der Waals surface area contributed by atoms with Crippen molar-refractivity contribution in [3.8, 4) is 0 Å². The minimum Gasteiger partial charge on any atom is -0.326 e. The monoisotopic (exact) mass is 390 g/mol. The van der Waals surface area contributed by atoms with Gasteiger partial charge in [-0.3, -0.25) is 9.78 Å². The van der Waals surface area contributed by atoms with E-state index >= 15 is 0 Å². The van der Waals surface area contributed by atoms with Gasteiger partial charge in [0.25, 0.3) is 0 Å². The summed E-state index contributed by atoms with van der Waals surface area (Å²) in [4.78, 5) is 26.3. The zero-order valence-corrected chi connectivity index (χ0v) is 13.7. The van der Waals surface area contributed by atoms with Gasteiger partial charge in [0.2, 0.25) is 5.91 Å². The molecule has 1 amide bonds. The molecule has 0 atom stereocenters. The standard InChI is InChI=1S/C13H16Br2N2O2/c14-8-11-6-10(7-12(9-15)16-11)17-13(19)4-2-1-3-5-18/h5-7H,1-4,8-9H2,(H,16,17,19). The van der Waals surface area contributed by atoms with E-state index < -0.39 is 0 Å². The van der Waals surface area contributed by atoms with Crippen LogP contribution in [0.5, 0.6) is 0 Å². The van der Waals surface area contributed by atoms with E-state index in [0.717, 1.165) is 36.2 Å². The maximum atomic E-state index is 11.7. The van der Waals surface area contributed by atoms with E-state index in [0.29, 0.717) is 23.5 Å². The highest BCUT2D eigenvalue weighted by Gasteiger charge is 2.05. The van der Waals surface area contributed by atoms with Gasteiger partial charge in [0.05, 0.1) is 11.4 Å². The summed E-state index contributed by atoms with van der Waals surface area (Å²) in [5.74, 6) is -0.0295. The van der Waals surface area contributed by atoms with Crippen molar-refractivity contribution in [1.82, 2.24) is 4.98 Å². The van der Waals surface area contributed by atoms with Crippen molar-refractivity contribution >= 4 is 49.7 Å². The van der Waals surface area contributed by atoms with E-state index in [-0.39, 0.29) is 5.91 Å². The Morgan fingerprint density at radius 1 is 1.21 bits per heavy atom. The second-order valence-corrected chi connectivity index (χ2v) is 5.19. The minimum absolute atomic E-state index is 0.0295. The molecule has 0 saturated carbocycles. The van der Waals surface area contributed by atoms with Gasteiger partial charge in [-0.1, -0.05) is 31.9 Å². The second kappa shape index (κ2) is 9.20. The number of carbonyl (C=O) groups is 2. The molecule has 0 aliphatic carbocycles. The normalized spacial score (nSPS) is 10.2. The fourth-order valence-corrected chi connectivity index (χ4v) is 2.17. The third-order valence-corrected chi connectivity index (χ3v) is 3.61. The van der Waals surface area contributed by atoms with Crippen LogP contribution < -0.4 is 5.32 Å². The fraction of sp³-hybridized carbons (Fsp3) is 0.462. The topological polar surface area (TPSA) is 59.1 Å². The molecule has 19 heavy (non-hydrogen) atoms. The van der Waals surface area contributed by atoms with Crippen LogP contribution in [0.25, 0.3) is 0 Å². The van der Waals surface area contributed by atoms with Gasteiger partial charge in [-0.05, 0) is 25.0 Å². The molecule has 1 aromatic rings. The van der Waals surface area contributed by atoms with Crippen molar-refractivity contribution < 1.29 is 9.59 Å². The van der Waals surface area contributed by atoms with Crippen LogP contribution in [0, 0.1) is 0 Å². The van der Waals surface area contributed by atoms with E-state index in [1.165, 1.54) is 0 Å². The maximum Gasteiger partial charge on any atom is 0.224 e. The Balaban J connectivity index is 2.55. The predicted molar refractivity (Wildman–Crippen MR) is 82.7 cm³/mol. The van der Waals surface area contributed by atoms with Crippen LogP contribution in [0.3, 0.4) is 0 Å². The number of carbonyl (C=O) groups excluding carboxylic acids is 2. The molecular formula is C13H16Br2N2O2. The number of amides is 1. The zero-order valence-electron chi connectivity index (χ0n) is 10.5. The number of pyridine rings is 1. The predicted octanol–water partition coefficient (Wildman–Crippen LogP) is 3.57. The quantitative estimate of drug-likeness (QED) is 0.418. The van der Waals surface area contributed by atoms with Gasteiger partial charge in [0.15, 0.2) is 0 Å². The lowest BCUT2D eigenvalue weighted by Gasteiger charge is -2.08. The molecule has 1 heterocycles. The number of aldehydes is 1. The van der Waals surface area contributed by atoms with Gasteiger partial charge in [-0.15, -0.1) is 0 Å². The first-order valence-corrected chi connectivity index (χ1v) is 8.29. The minimum atomic E-state index is -0.0295.